The van der Waals surface area contributed by atoms with Crippen molar-refractivity contribution in [3.63, 3.8) is 0 Å². The van der Waals surface area contributed by atoms with Gasteiger partial charge in [-0.2, -0.15) is 0 Å². The minimum absolute atomic E-state index is 0.0518. The average molecular weight is 1670 g/mol. The largest absolute Gasteiger partial charge is 0.443 e. The highest BCUT2D eigenvalue weighted by atomic mass is 16.6. The Morgan fingerprint density at radius 1 is 0.341 bits per heavy atom. The van der Waals surface area contributed by atoms with Crippen LogP contribution in [0.2, 0.25) is 0 Å². The molecule has 668 valence electrons. The van der Waals surface area contributed by atoms with Crippen molar-refractivity contribution in [2.24, 2.45) is 0 Å². The number of rotatable bonds is 0. The average Bonchev–Trinajstić information content (AvgIpc) is 1.56. The molecule has 16 rings (SSSR count). The molecular formula is C110H157N7O6. The molecule has 3 amide bonds. The summed E-state index contributed by atoms with van der Waals surface area (Å²) < 4.78 is 12.9. The first kappa shape index (κ1) is 96.4. The summed E-state index contributed by atoms with van der Waals surface area (Å²) in [6, 6.07) is 48.8. The maximum atomic E-state index is 12.7. The molecular weight excluding hydrogens is 1520 g/mol. The van der Waals surface area contributed by atoms with Gasteiger partial charge >= 0.3 is 12.2 Å². The topological polar surface area (TPSA) is 137 Å². The molecule has 13 nitrogen and oxygen atoms in total. The summed E-state index contributed by atoms with van der Waals surface area (Å²) in [4.78, 5) is 53.9. The molecule has 0 unspecified atom stereocenters. The first-order valence-electron chi connectivity index (χ1n) is 46.0. The fourth-order valence-corrected chi connectivity index (χ4v) is 17.3. The number of anilines is 6. The van der Waals surface area contributed by atoms with Gasteiger partial charge in [-0.1, -0.05) is 258 Å². The zero-order valence-corrected chi connectivity index (χ0v) is 82.3. The Labute approximate surface area is 743 Å². The van der Waals surface area contributed by atoms with Crippen LogP contribution >= 0.6 is 0 Å². The van der Waals surface area contributed by atoms with E-state index in [1.807, 2.05) is 58.7 Å². The summed E-state index contributed by atoms with van der Waals surface area (Å²) in [6.45, 7) is 76.3. The van der Waals surface area contributed by atoms with E-state index in [9.17, 15) is 19.2 Å². The van der Waals surface area contributed by atoms with Crippen molar-refractivity contribution in [1.29, 1.82) is 0 Å². The maximum Gasteiger partial charge on any atom is 0.414 e. The third-order valence-electron chi connectivity index (χ3n) is 26.0. The van der Waals surface area contributed by atoms with Gasteiger partial charge in [-0.3, -0.25) is 24.0 Å². The molecule has 0 atom stereocenters. The molecule has 0 saturated heterocycles. The van der Waals surface area contributed by atoms with E-state index in [1.54, 1.807) is 33.8 Å². The van der Waals surface area contributed by atoms with Crippen LogP contribution in [0, 0.1) is 0 Å². The van der Waals surface area contributed by atoms with Gasteiger partial charge in [0, 0.05) is 98.3 Å². The van der Waals surface area contributed by atoms with Gasteiger partial charge in [-0.05, 0) is 275 Å². The van der Waals surface area contributed by atoms with Gasteiger partial charge in [-0.15, -0.1) is 0 Å². The number of fused-ring (bicyclic) bond motifs is 9. The fraction of sp³-hybridized carbons (Fsp3) is 0.564. The number of hydrogen-bond donors (Lipinski definition) is 3. The summed E-state index contributed by atoms with van der Waals surface area (Å²) in [6.07, 6.45) is 13.2. The summed E-state index contributed by atoms with van der Waals surface area (Å²) >= 11 is 0. The van der Waals surface area contributed by atoms with Gasteiger partial charge in [-0.25, -0.2) is 9.59 Å². The van der Waals surface area contributed by atoms with E-state index in [2.05, 4.69) is 316 Å². The van der Waals surface area contributed by atoms with Crippen LogP contribution in [0.4, 0.5) is 43.7 Å². The summed E-state index contributed by atoms with van der Waals surface area (Å²) in [5.74, 6) is 0.229. The number of hydrogen-bond acceptors (Lipinski definition) is 9. The zero-order chi connectivity index (χ0) is 91.4. The summed E-state index contributed by atoms with van der Waals surface area (Å²) in [5.41, 5.74) is 27.3. The van der Waals surface area contributed by atoms with Crippen molar-refractivity contribution < 1.29 is 28.7 Å². The van der Waals surface area contributed by atoms with Crippen LogP contribution in [0.15, 0.2) is 140 Å². The quantitative estimate of drug-likeness (QED) is 0.135. The number of nitrogens with one attached hydrogen (secondary N) is 3. The molecule has 8 aromatic rings. The fourth-order valence-electron chi connectivity index (χ4n) is 17.3. The van der Waals surface area contributed by atoms with Crippen LogP contribution in [0.25, 0.3) is 10.9 Å². The third-order valence-corrected chi connectivity index (χ3v) is 26.0. The SMILES string of the molecule is CC(=O)N1CC2(CC2)c2ccc(C(C)(C)C)cc21.CC(=O)n1ccc2ccc(C(C)(C)C)cc21.CC(C)(C)OC(=O)N1CCC(C)(C)c2ccc(C(C)(C)C)cc21.CC(C)(C)OC(=O)N1CCCc2ccc(C(C)(C)C)cc21.CC(C)(C)c1ccc2c(c1)NCC21CC1.CC(C)(C)c1ccc2c(c1)NCCC2.CC(C)(C)c1ccc2c(c1)NCCC2(C)C. The molecule has 6 aliphatic heterocycles. The molecule has 3 N–H and O–H groups in total. The smallest absolute Gasteiger partial charge is 0.414 e. The van der Waals surface area contributed by atoms with Gasteiger partial charge in [0.1, 0.15) is 11.2 Å². The minimum atomic E-state index is -0.480. The third kappa shape index (κ3) is 23.8. The van der Waals surface area contributed by atoms with E-state index in [-0.39, 0.29) is 67.3 Å². The van der Waals surface area contributed by atoms with Crippen LogP contribution in [-0.4, -0.2) is 79.0 Å². The van der Waals surface area contributed by atoms with Crippen molar-refractivity contribution in [1.82, 2.24) is 4.57 Å². The molecule has 8 aliphatic rings. The van der Waals surface area contributed by atoms with Crippen molar-refractivity contribution in [2.45, 2.75) is 363 Å². The number of nitrogens with zero attached hydrogens (tertiary/aromatic N) is 4. The van der Waals surface area contributed by atoms with Gasteiger partial charge in [0.25, 0.3) is 0 Å². The highest BCUT2D eigenvalue weighted by Gasteiger charge is 2.53. The molecule has 0 radical (unpaired) electrons. The maximum absolute atomic E-state index is 12.7. The molecule has 7 heterocycles. The lowest BCUT2D eigenvalue weighted by Crippen LogP contribution is -2.43. The van der Waals surface area contributed by atoms with E-state index >= 15 is 0 Å². The van der Waals surface area contributed by atoms with E-state index < -0.39 is 11.2 Å². The Balaban J connectivity index is 0.000000151. The van der Waals surface area contributed by atoms with Gasteiger partial charge in [0.05, 0.1) is 16.9 Å². The Morgan fingerprint density at radius 2 is 0.732 bits per heavy atom. The van der Waals surface area contributed by atoms with Crippen LogP contribution in [0.5, 0.6) is 0 Å². The molecule has 2 aliphatic carbocycles. The number of benzene rings is 7. The van der Waals surface area contributed by atoms with E-state index in [0.29, 0.717) is 22.8 Å². The summed E-state index contributed by atoms with van der Waals surface area (Å²) in [5, 5.41) is 11.7. The number of amides is 3. The molecule has 2 spiro atoms. The van der Waals surface area contributed by atoms with Gasteiger partial charge in [0.15, 0.2) is 0 Å². The van der Waals surface area contributed by atoms with Crippen LogP contribution in [0.3, 0.4) is 0 Å². The monoisotopic (exact) mass is 1670 g/mol. The number of carbonyl (C=O) groups is 4. The van der Waals surface area contributed by atoms with E-state index in [1.165, 1.54) is 129 Å². The molecule has 1 aromatic heterocycles. The molecule has 2 fully saturated rings. The predicted molar refractivity (Wildman–Crippen MR) is 522 cm³/mol. The summed E-state index contributed by atoms with van der Waals surface area (Å²) in [7, 11) is 0. The van der Waals surface area contributed by atoms with Crippen LogP contribution < -0.4 is 30.7 Å². The first-order chi connectivity index (χ1) is 56.5. The number of aromatic nitrogens is 1. The Hall–Kier alpha value is -8.84. The van der Waals surface area contributed by atoms with Crippen molar-refractivity contribution in [3.05, 3.63) is 212 Å². The Bertz CT molecular complexity index is 5130. The second-order valence-electron chi connectivity index (χ2n) is 47.0. The Kier molecular flexibility index (Phi) is 27.8. The highest BCUT2D eigenvalue weighted by Crippen LogP contribution is 2.58. The standard InChI is InChI=1S/C20H31NO2.C18H27NO2.C16H21NO.C15H23N.C14H17NO.C14H19N.C13H19N/c1-18(2,3)14-9-10-15-16(13-14)21(12-11-20(15,7)8)17(22)23-19(4,5)6;1-17(2,3)14-10-9-13-8-7-11-19(15(13)12-14)16(20)21-18(4,5)6;1-11(18)17-10-16(7-8-16)13-6-5-12(9-14(13)17)15(2,3)4;1-14(2,3)11-6-7-12-13(10-11)16-9-8-15(12,4)5;1-10(16)15-8-7-11-5-6-12(9-13(11)15)14(2,3)4;1-13(2,3)10-4-5-11-12(8-10)15-9-14(11)6-7-14;1-13(2,3)11-7-6-10-5-4-8-14-12(10)9-11/h9-10,13H,11-12H2,1-8H3;9-10,12H,7-8,11H2,1-6H3;5-6,9H,7-8,10H2,1-4H3;6-7,10,16H,8-9H2,1-5H3;5-9H,1-4H3;4-5,8,15H,6-7,9H2,1-3H3;6-7,9,14H,4-5,8H2,1-3H3. The van der Waals surface area contributed by atoms with Crippen LogP contribution in [0.1, 0.15) is 357 Å². The van der Waals surface area contributed by atoms with E-state index in [0.717, 1.165) is 80.0 Å². The lowest BCUT2D eigenvalue weighted by molar-refractivity contribution is -0.116. The minimum Gasteiger partial charge on any atom is -0.443 e. The normalized spacial score (nSPS) is 17.3. The second kappa shape index (κ2) is 35.5. The molecule has 7 aromatic carbocycles. The molecule has 0 bridgehead atoms. The predicted octanol–water partition coefficient (Wildman–Crippen LogP) is 27.9. The lowest BCUT2D eigenvalue weighted by Gasteiger charge is -2.40. The number of carbonyl (C=O) groups excluding carboxylic acids is 4. The highest BCUT2D eigenvalue weighted by molar-refractivity contribution is 5.96. The Morgan fingerprint density at radius 3 is 1.21 bits per heavy atom. The molecule has 123 heavy (non-hydrogen) atoms. The van der Waals surface area contributed by atoms with Crippen molar-refractivity contribution in [2.75, 3.05) is 69.9 Å². The van der Waals surface area contributed by atoms with Crippen LogP contribution in [-0.2, 0) is 86.7 Å². The number of ether oxygens (including phenoxy) is 2. The van der Waals surface area contributed by atoms with Crippen molar-refractivity contribution in [3.8, 4) is 0 Å². The zero-order valence-electron chi connectivity index (χ0n) is 82.3. The number of aryl methyl sites for hydroxylation is 2. The van der Waals surface area contributed by atoms with Gasteiger partial charge in [0.2, 0.25) is 11.8 Å². The molecule has 2 saturated carbocycles. The first-order valence-corrected chi connectivity index (χ1v) is 46.0. The molecule has 13 heteroatoms. The van der Waals surface area contributed by atoms with E-state index in [4.69, 9.17) is 9.47 Å². The second-order valence-corrected chi connectivity index (χ2v) is 47.0. The lowest BCUT2D eigenvalue weighted by atomic mass is 9.75. The van der Waals surface area contributed by atoms with Crippen molar-refractivity contribution >= 4 is 69.0 Å². The van der Waals surface area contributed by atoms with Gasteiger partial charge < -0.3 is 30.3 Å².